The van der Waals surface area contributed by atoms with Crippen LogP contribution in [0.2, 0.25) is 0 Å². The third-order valence-corrected chi connectivity index (χ3v) is 4.65. The van der Waals surface area contributed by atoms with E-state index in [0.29, 0.717) is 19.8 Å². The van der Waals surface area contributed by atoms with Crippen LogP contribution in [-0.2, 0) is 14.8 Å². The van der Waals surface area contributed by atoms with Crippen LogP contribution < -0.4 is 0 Å². The third kappa shape index (κ3) is 1.85. The molecule has 1 saturated heterocycles. The second kappa shape index (κ2) is 3.83. The van der Waals surface area contributed by atoms with E-state index in [2.05, 4.69) is 9.97 Å². The monoisotopic (exact) mass is 245 g/mol. The molecule has 0 unspecified atom stereocenters. The highest BCUT2D eigenvalue weighted by Crippen LogP contribution is 2.25. The minimum atomic E-state index is -3.49. The zero-order valence-corrected chi connectivity index (χ0v) is 10.1. The Morgan fingerprint density at radius 3 is 2.88 bits per heavy atom. The number of nitrogens with one attached hydrogen (secondary N) is 1. The number of aromatic nitrogens is 2. The van der Waals surface area contributed by atoms with Gasteiger partial charge in [0, 0.05) is 6.54 Å². The highest BCUT2D eigenvalue weighted by Gasteiger charge is 2.40. The first-order chi connectivity index (χ1) is 7.44. The van der Waals surface area contributed by atoms with Crippen molar-refractivity contribution < 1.29 is 13.2 Å². The lowest BCUT2D eigenvalue weighted by Gasteiger charge is -2.40. The van der Waals surface area contributed by atoms with E-state index in [1.165, 1.54) is 16.8 Å². The molecule has 7 heteroatoms. The third-order valence-electron chi connectivity index (χ3n) is 2.61. The molecule has 0 bridgehead atoms. The first-order valence-corrected chi connectivity index (χ1v) is 6.47. The van der Waals surface area contributed by atoms with Gasteiger partial charge in [0.15, 0.2) is 5.03 Å². The number of morpholine rings is 1. The minimum absolute atomic E-state index is 0.127. The van der Waals surface area contributed by atoms with E-state index in [1.54, 1.807) is 0 Å². The van der Waals surface area contributed by atoms with Gasteiger partial charge in [-0.3, -0.25) is 0 Å². The summed E-state index contributed by atoms with van der Waals surface area (Å²) in [4.78, 5) is 6.37. The van der Waals surface area contributed by atoms with Crippen LogP contribution in [0.25, 0.3) is 0 Å². The Morgan fingerprint density at radius 1 is 1.56 bits per heavy atom. The summed E-state index contributed by atoms with van der Waals surface area (Å²) < 4.78 is 31.3. The molecule has 0 amide bonds. The first-order valence-electron chi connectivity index (χ1n) is 5.03. The predicted molar refractivity (Wildman–Crippen MR) is 57.4 cm³/mol. The van der Waals surface area contributed by atoms with Crippen LogP contribution >= 0.6 is 0 Å². The lowest BCUT2D eigenvalue weighted by molar-refractivity contribution is -0.00780. The van der Waals surface area contributed by atoms with Crippen LogP contribution in [-0.4, -0.2) is 48.0 Å². The fourth-order valence-corrected chi connectivity index (χ4v) is 3.44. The molecule has 6 nitrogen and oxygen atoms in total. The molecular weight excluding hydrogens is 230 g/mol. The van der Waals surface area contributed by atoms with Crippen molar-refractivity contribution in [3.63, 3.8) is 0 Å². The molecule has 0 saturated carbocycles. The molecule has 1 N–H and O–H groups in total. The maximum atomic E-state index is 12.3. The number of ether oxygens (including phenoxy) is 1. The summed E-state index contributed by atoms with van der Waals surface area (Å²) >= 11 is 0. The van der Waals surface area contributed by atoms with Gasteiger partial charge in [-0.25, -0.2) is 13.4 Å². The second-order valence-corrected chi connectivity index (χ2v) is 6.19. The summed E-state index contributed by atoms with van der Waals surface area (Å²) in [6.45, 7) is 4.89. The van der Waals surface area contributed by atoms with E-state index < -0.39 is 15.6 Å². The Hall–Kier alpha value is -0.920. The number of rotatable bonds is 2. The number of hydrogen-bond donors (Lipinski definition) is 1. The maximum Gasteiger partial charge on any atom is 0.260 e. The lowest BCUT2D eigenvalue weighted by atomic mass is 10.1. The van der Waals surface area contributed by atoms with Crippen LogP contribution in [0.4, 0.5) is 0 Å². The summed E-state index contributed by atoms with van der Waals surface area (Å²) in [5.74, 6) is 0. The summed E-state index contributed by atoms with van der Waals surface area (Å²) in [7, 11) is -3.49. The SMILES string of the molecule is CC1(C)COCCN1S(=O)(=O)c1cnc[nH]1. The van der Waals surface area contributed by atoms with Gasteiger partial charge in [-0.15, -0.1) is 0 Å². The van der Waals surface area contributed by atoms with Gasteiger partial charge in [-0.1, -0.05) is 0 Å². The zero-order chi connectivity index (χ0) is 11.8. The van der Waals surface area contributed by atoms with Crippen LogP contribution in [0.15, 0.2) is 17.6 Å². The summed E-state index contributed by atoms with van der Waals surface area (Å²) in [6.07, 6.45) is 2.68. The van der Waals surface area contributed by atoms with E-state index in [4.69, 9.17) is 4.74 Å². The van der Waals surface area contributed by atoms with Crippen molar-refractivity contribution in [2.75, 3.05) is 19.8 Å². The van der Waals surface area contributed by atoms with Gasteiger partial charge in [-0.2, -0.15) is 4.31 Å². The van der Waals surface area contributed by atoms with Crippen molar-refractivity contribution in [1.82, 2.24) is 14.3 Å². The quantitative estimate of drug-likeness (QED) is 0.808. The van der Waals surface area contributed by atoms with Gasteiger partial charge in [0.1, 0.15) is 0 Å². The molecule has 0 radical (unpaired) electrons. The van der Waals surface area contributed by atoms with Gasteiger partial charge >= 0.3 is 0 Å². The van der Waals surface area contributed by atoms with Gasteiger partial charge in [-0.05, 0) is 13.8 Å². The van der Waals surface area contributed by atoms with Crippen molar-refractivity contribution in [2.45, 2.75) is 24.4 Å². The Balaban J connectivity index is 2.37. The Morgan fingerprint density at radius 2 is 2.31 bits per heavy atom. The van der Waals surface area contributed by atoms with Gasteiger partial charge in [0.2, 0.25) is 0 Å². The predicted octanol–water partition coefficient (Wildman–Crippen LogP) is 0.209. The number of hydrogen-bond acceptors (Lipinski definition) is 4. The topological polar surface area (TPSA) is 75.3 Å². The molecule has 2 rings (SSSR count). The van der Waals surface area contributed by atoms with Crippen molar-refractivity contribution in [3.05, 3.63) is 12.5 Å². The van der Waals surface area contributed by atoms with Crippen LogP contribution in [0.3, 0.4) is 0 Å². The molecular formula is C9H15N3O3S. The van der Waals surface area contributed by atoms with Gasteiger partial charge in [0.05, 0.1) is 31.3 Å². The van der Waals surface area contributed by atoms with Crippen molar-refractivity contribution >= 4 is 10.0 Å². The molecule has 1 aliphatic heterocycles. The van der Waals surface area contributed by atoms with Crippen molar-refractivity contribution in [2.24, 2.45) is 0 Å². The molecule has 2 heterocycles. The Labute approximate surface area is 94.7 Å². The fraction of sp³-hybridized carbons (Fsp3) is 0.667. The Kier molecular flexibility index (Phi) is 2.77. The summed E-state index contributed by atoms with van der Waals surface area (Å²) in [5.41, 5.74) is -0.526. The minimum Gasteiger partial charge on any atom is -0.378 e. The highest BCUT2D eigenvalue weighted by atomic mass is 32.2. The highest BCUT2D eigenvalue weighted by molar-refractivity contribution is 7.89. The average Bonchev–Trinajstić information content (AvgIpc) is 2.69. The number of nitrogens with zero attached hydrogens (tertiary/aromatic N) is 2. The lowest BCUT2D eigenvalue weighted by Crippen LogP contribution is -2.55. The summed E-state index contributed by atoms with van der Waals surface area (Å²) in [5, 5.41) is 0.127. The summed E-state index contributed by atoms with van der Waals surface area (Å²) in [6, 6.07) is 0. The molecule has 16 heavy (non-hydrogen) atoms. The number of H-pyrrole nitrogens is 1. The largest absolute Gasteiger partial charge is 0.378 e. The molecule has 0 atom stereocenters. The molecule has 0 spiro atoms. The Bertz CT molecular complexity index is 452. The van der Waals surface area contributed by atoms with Crippen LogP contribution in [0.5, 0.6) is 0 Å². The van der Waals surface area contributed by atoms with E-state index in [9.17, 15) is 8.42 Å². The maximum absolute atomic E-state index is 12.3. The molecule has 1 aromatic rings. The van der Waals surface area contributed by atoms with Crippen molar-refractivity contribution in [1.29, 1.82) is 0 Å². The van der Waals surface area contributed by atoms with Crippen LogP contribution in [0.1, 0.15) is 13.8 Å². The zero-order valence-electron chi connectivity index (χ0n) is 9.30. The van der Waals surface area contributed by atoms with E-state index in [0.717, 1.165) is 0 Å². The number of imidazole rings is 1. The van der Waals surface area contributed by atoms with E-state index in [-0.39, 0.29) is 5.03 Å². The normalized spacial score (nSPS) is 22.1. The molecule has 1 aromatic heterocycles. The van der Waals surface area contributed by atoms with Gasteiger partial charge in [0.25, 0.3) is 10.0 Å². The molecule has 1 aliphatic rings. The fourth-order valence-electron chi connectivity index (χ4n) is 1.79. The second-order valence-electron chi connectivity index (χ2n) is 4.36. The smallest absolute Gasteiger partial charge is 0.260 e. The number of aromatic amines is 1. The van der Waals surface area contributed by atoms with E-state index in [1.807, 2.05) is 13.8 Å². The van der Waals surface area contributed by atoms with Crippen molar-refractivity contribution in [3.8, 4) is 0 Å². The van der Waals surface area contributed by atoms with Crippen LogP contribution in [0, 0.1) is 0 Å². The average molecular weight is 245 g/mol. The first kappa shape index (κ1) is 11.6. The standard InChI is InChI=1S/C9H15N3O3S/c1-9(2)6-15-4-3-12(9)16(13,14)8-5-10-7-11-8/h5,7H,3-4,6H2,1-2H3,(H,10,11). The van der Waals surface area contributed by atoms with E-state index >= 15 is 0 Å². The van der Waals surface area contributed by atoms with Gasteiger partial charge < -0.3 is 9.72 Å². The molecule has 90 valence electrons. The molecule has 0 aliphatic carbocycles. The molecule has 1 fully saturated rings. The number of sulfonamides is 1. The molecule has 0 aromatic carbocycles.